The summed E-state index contributed by atoms with van der Waals surface area (Å²) in [6.45, 7) is -1.13. The summed E-state index contributed by atoms with van der Waals surface area (Å²) in [5.74, 6) is -18.1. The van der Waals surface area contributed by atoms with Crippen LogP contribution in [0.5, 0.6) is 0 Å². The lowest BCUT2D eigenvalue weighted by molar-refractivity contribution is -0.148. The van der Waals surface area contributed by atoms with E-state index in [9.17, 15) is 92.0 Å². The van der Waals surface area contributed by atoms with E-state index in [4.69, 9.17) is 37.5 Å². The van der Waals surface area contributed by atoms with Crippen LogP contribution in [0.4, 0.5) is 0 Å². The molecule has 0 aliphatic carbocycles. The Morgan fingerprint density at radius 2 is 1.13 bits per heavy atom. The molecule has 53 heteroatoms. The number of hydrogen-bond acceptors (Lipinski definition) is 28. The first-order valence-corrected chi connectivity index (χ1v) is 51.4. The number of nitrogens with two attached hydrogens (primary N) is 3. The molecular formula is C96H151N29O24. The summed E-state index contributed by atoms with van der Waals surface area (Å²) < 4.78 is 11.0. The molecule has 0 radical (unpaired) electrons. The maximum atomic E-state index is 15.6. The third-order valence-electron chi connectivity index (χ3n) is 25.4. The molecule has 28 N–H and O–H groups in total. The van der Waals surface area contributed by atoms with Crippen LogP contribution in [0.3, 0.4) is 0 Å². The first kappa shape index (κ1) is 122. The Kier molecular flexibility index (Phi) is 55.0. The number of guanidine groups is 2. The van der Waals surface area contributed by atoms with E-state index < -0.39 is 217 Å². The van der Waals surface area contributed by atoms with Gasteiger partial charge in [0.05, 0.1) is 52.3 Å². The van der Waals surface area contributed by atoms with E-state index in [1.807, 2.05) is 0 Å². The van der Waals surface area contributed by atoms with Crippen molar-refractivity contribution in [3.05, 3.63) is 53.6 Å². The molecule has 0 unspecified atom stereocenters. The number of benzene rings is 1. The molecule has 3 aromatic rings. The third-order valence-corrected chi connectivity index (χ3v) is 25.4. The lowest BCUT2D eigenvalue weighted by atomic mass is 10.0. The molecule has 4 aliphatic heterocycles. The number of aliphatic carboxylic acids is 3. The molecule has 53 nitrogen and oxygen atoms in total. The number of primary amides is 1. The SMILES string of the molecule is CC(=O)N[C@H]1CC(=O)NCCC[C@@H](C(=O)N2CCC[C@H]2C(=O)N2CCC[C@H]2C(=O)N[C@@H](CCCNC(=N)N)C(=O)N[C@@H](CC(=O)O)C(=O)N[C@@H](CCCCN(CC(=O)O)CC(=O)O)C(=O)N[C@@H](CCCCNC(=O)COCCOCCNC(=O)CCCCCCCCCCCCCCCc2nnn[nH]2)C(N)=O)NC(=O)[C@H](Cc2c[nH]c3ccccc23)NC(=O)[C@H](CCCNC(=N)N)NC(=O)CNC(=O)[C@H](CC2=CCC=N2)NC1=O. The molecule has 0 spiro atoms. The van der Waals surface area contributed by atoms with Gasteiger partial charge in [-0.2, -0.15) is 0 Å². The lowest BCUT2D eigenvalue weighted by Crippen LogP contribution is -2.60. The number of rotatable bonds is 64. The minimum atomic E-state index is -2.05. The quantitative estimate of drug-likeness (QED) is 0.0152. The van der Waals surface area contributed by atoms with Crippen LogP contribution in [0.25, 0.3) is 10.9 Å². The van der Waals surface area contributed by atoms with Crippen LogP contribution in [0.15, 0.2) is 47.2 Å². The fourth-order valence-electron chi connectivity index (χ4n) is 17.7. The predicted octanol–water partition coefficient (Wildman–Crippen LogP) is -2.98. The van der Waals surface area contributed by atoms with Crippen LogP contribution >= 0.6 is 0 Å². The monoisotopic (exact) mass is 2090 g/mol. The minimum absolute atomic E-state index is 0.00881. The number of aryl methyl sites for hydroxylation is 1. The smallest absolute Gasteiger partial charge is 0.317 e. The Balaban J connectivity index is 0.991. The summed E-state index contributed by atoms with van der Waals surface area (Å²) in [5, 5.41) is 98.3. The number of allylic oxidation sites excluding steroid dienone is 1. The van der Waals surface area contributed by atoms with Crippen LogP contribution in [0.1, 0.15) is 237 Å². The largest absolute Gasteiger partial charge is 0.481 e. The molecule has 0 bridgehead atoms. The van der Waals surface area contributed by atoms with Crippen molar-refractivity contribution in [1.82, 2.24) is 120 Å². The summed E-state index contributed by atoms with van der Waals surface area (Å²) in [6, 6.07) is -10.1. The van der Waals surface area contributed by atoms with Gasteiger partial charge in [-0.1, -0.05) is 94.9 Å². The summed E-state index contributed by atoms with van der Waals surface area (Å²) in [6.07, 6.45) is 18.7. The Morgan fingerprint density at radius 3 is 1.79 bits per heavy atom. The molecule has 7 rings (SSSR count). The number of nitrogens with one attached hydrogen (secondary N) is 19. The number of carbonyl (C=O) groups excluding carboxylic acids is 16. The van der Waals surface area contributed by atoms with Gasteiger partial charge in [0.1, 0.15) is 78.9 Å². The predicted molar refractivity (Wildman–Crippen MR) is 540 cm³/mol. The number of H-pyrrole nitrogens is 2. The topological polar surface area (TPSA) is 802 Å². The van der Waals surface area contributed by atoms with Gasteiger partial charge in [-0.3, -0.25) is 112 Å². The van der Waals surface area contributed by atoms with Crippen molar-refractivity contribution in [3.63, 3.8) is 0 Å². The number of ether oxygens (including phenoxy) is 2. The van der Waals surface area contributed by atoms with E-state index in [1.54, 1.807) is 42.8 Å². The van der Waals surface area contributed by atoms with E-state index in [-0.39, 0.29) is 194 Å². The van der Waals surface area contributed by atoms with E-state index in [0.717, 1.165) is 56.2 Å². The number of likely N-dealkylation sites (tertiary alicyclic amines) is 2. The molecule has 3 saturated heterocycles. The number of aromatic amines is 2. The highest BCUT2D eigenvalue weighted by Crippen LogP contribution is 2.28. The van der Waals surface area contributed by atoms with Crippen molar-refractivity contribution in [2.75, 3.05) is 98.4 Å². The van der Waals surface area contributed by atoms with Crippen LogP contribution in [-0.2, 0) is 113 Å². The molecule has 1 aromatic carbocycles. The van der Waals surface area contributed by atoms with E-state index in [2.05, 4.69) is 110 Å². The number of aliphatic imine (C=N–C) groups is 1. The lowest BCUT2D eigenvalue weighted by Gasteiger charge is -2.34. The second kappa shape index (κ2) is 67.5. The van der Waals surface area contributed by atoms with E-state index >= 15 is 14.4 Å². The normalized spacial score (nSPS) is 18.8. The van der Waals surface area contributed by atoms with E-state index in [1.165, 1.54) is 61.2 Å². The maximum absolute atomic E-state index is 15.6. The van der Waals surface area contributed by atoms with Crippen molar-refractivity contribution in [2.24, 2.45) is 22.2 Å². The maximum Gasteiger partial charge on any atom is 0.317 e. The zero-order valence-electron chi connectivity index (χ0n) is 84.7. The van der Waals surface area contributed by atoms with Gasteiger partial charge in [0, 0.05) is 114 Å². The number of carboxylic acid groups (broad SMARTS) is 3. The number of tetrazole rings is 1. The number of unbranched alkanes of at least 4 members (excludes halogenated alkanes) is 14. The first-order chi connectivity index (χ1) is 71.5. The molecule has 0 saturated carbocycles. The number of para-hydroxylation sites is 1. The van der Waals surface area contributed by atoms with Gasteiger partial charge in [0.25, 0.3) is 0 Å². The molecule has 824 valence electrons. The first-order valence-electron chi connectivity index (χ1n) is 51.4. The molecule has 2 aromatic heterocycles. The van der Waals surface area contributed by atoms with E-state index in [0.29, 0.717) is 41.5 Å². The van der Waals surface area contributed by atoms with Crippen LogP contribution in [0.2, 0.25) is 0 Å². The Bertz CT molecular complexity index is 4990. The molecule has 16 amide bonds. The number of carboxylic acids is 3. The van der Waals surface area contributed by atoms with Gasteiger partial charge in [0.2, 0.25) is 94.5 Å². The van der Waals surface area contributed by atoms with Crippen LogP contribution < -0.4 is 97.0 Å². The third kappa shape index (κ3) is 47.1. The number of aromatic nitrogens is 5. The minimum Gasteiger partial charge on any atom is -0.481 e. The Labute approximate surface area is 863 Å². The van der Waals surface area contributed by atoms with Crippen LogP contribution in [0, 0.1) is 10.8 Å². The average Bonchev–Trinajstić information content (AvgIpc) is 1.66. The van der Waals surface area contributed by atoms with Crippen molar-refractivity contribution in [3.8, 4) is 0 Å². The number of amides is 16. The molecule has 6 heterocycles. The highest BCUT2D eigenvalue weighted by molar-refractivity contribution is 6.01. The van der Waals surface area contributed by atoms with Crippen molar-refractivity contribution in [1.29, 1.82) is 10.8 Å². The van der Waals surface area contributed by atoms with Crippen molar-refractivity contribution >= 4 is 141 Å². The van der Waals surface area contributed by atoms with Gasteiger partial charge < -0.3 is 137 Å². The number of carbonyl (C=O) groups is 19. The Morgan fingerprint density at radius 1 is 0.550 bits per heavy atom. The summed E-state index contributed by atoms with van der Waals surface area (Å²) in [7, 11) is 0. The molecule has 149 heavy (non-hydrogen) atoms. The van der Waals surface area contributed by atoms with Crippen molar-refractivity contribution in [2.45, 2.75) is 305 Å². The summed E-state index contributed by atoms with van der Waals surface area (Å²) in [5.41, 5.74) is 18.5. The fraction of sp³-hybridized carbons (Fsp3) is 0.656. The van der Waals surface area contributed by atoms with Gasteiger partial charge >= 0.3 is 17.9 Å². The number of hydrogen-bond donors (Lipinski definition) is 25. The Hall–Kier alpha value is -14.4. The summed E-state index contributed by atoms with van der Waals surface area (Å²) in [4.78, 5) is 274. The van der Waals surface area contributed by atoms with Gasteiger partial charge in [-0.05, 0) is 144 Å². The zero-order valence-corrected chi connectivity index (χ0v) is 84.7. The average molecular weight is 2100 g/mol. The summed E-state index contributed by atoms with van der Waals surface area (Å²) >= 11 is 0. The zero-order chi connectivity index (χ0) is 108. The molecule has 11 atom stereocenters. The molecule has 4 aliphatic rings. The fourth-order valence-corrected chi connectivity index (χ4v) is 17.7. The van der Waals surface area contributed by atoms with Gasteiger partial charge in [-0.15, -0.1) is 5.10 Å². The molecular weight excluding hydrogens is 1940 g/mol. The molecule has 3 fully saturated rings. The highest BCUT2D eigenvalue weighted by Gasteiger charge is 2.46. The highest BCUT2D eigenvalue weighted by atomic mass is 16.5. The van der Waals surface area contributed by atoms with Gasteiger partial charge in [-0.25, -0.2) is 5.10 Å². The van der Waals surface area contributed by atoms with Crippen molar-refractivity contribution < 1.29 is 116 Å². The van der Waals surface area contributed by atoms with Crippen LogP contribution in [-0.4, -0.2) is 351 Å². The standard InChI is InChI=1S/C96H151N29O24/c1-60(126)110-72-53-78(128)103-41-24-34-69(115-89(142)70(51-61-55-108-64-29-16-15-28-63(61)64)116-86(139)66(32-22-42-106-95(98)99)111-79(129)56-109-85(138)71(117-90(72)143)52-62-27-21-40-102-62)93(146)125-47-26-36-75(125)94(147)124-46-25-35-74(124)92(145)114-68(33-23-43-107-96(100)101)88(141)118-73(54-81(131)132)91(144)113-67(31-18-20-45-123(57-82(133)134)58-83(135)136)87(140)112-65(84(97)137)30-17-19-39-104-80(130)59-149-50-49-148-48-44-105-77(127)38-14-12-10-8-6-4-2-3-5-7-9-11-13-37-76-119-121-122-120-76/h15-16,27-29,40,55,65-75,108H,2-14,17-26,30-39,41-54,56-59H2,1H3,(H2,97,137)(H,103,128)(H,104,130)(H,105,127)(H,109,138)(H,110,126)(H,111,129)(H,112,140)(H,113,144)(H,114,145)(H,115,142)(H,116,139)(H,117,143)(H,118,141)(H,131,132)(H,133,134)(H,135,136)(H4,98,99,106)(H4,100,101,107)(H,119,120,121,122)/t65-,66-,67-,68-,69-,70-,71-,72-,73-,74-,75-/m0/s1. The van der Waals surface area contributed by atoms with Gasteiger partial charge in [0.15, 0.2) is 11.9 Å². The second-order valence-electron chi connectivity index (χ2n) is 37.4. The second-order valence-corrected chi connectivity index (χ2v) is 37.4. The number of fused-ring (bicyclic) bond motifs is 1. The number of nitrogens with zero attached hydrogens (tertiary/aromatic N) is 7.